The van der Waals surface area contributed by atoms with Crippen molar-refractivity contribution >= 4 is 5.78 Å². The fraction of sp³-hybridized carbons (Fsp3) is 0.375. The molecular formula is C16H20N2O. The molecule has 3 nitrogen and oxygen atoms in total. The average molecular weight is 256 g/mol. The average Bonchev–Trinajstić information content (AvgIpc) is 2.85. The van der Waals surface area contributed by atoms with Gasteiger partial charge in [0.05, 0.1) is 0 Å². The van der Waals surface area contributed by atoms with Gasteiger partial charge in [0.1, 0.15) is 5.69 Å². The van der Waals surface area contributed by atoms with E-state index in [1.807, 2.05) is 31.2 Å². The largest absolute Gasteiger partial charge is 0.287 e. The van der Waals surface area contributed by atoms with Gasteiger partial charge in [0.15, 0.2) is 0 Å². The van der Waals surface area contributed by atoms with Crippen LogP contribution in [-0.2, 0) is 12.0 Å². The van der Waals surface area contributed by atoms with Crippen LogP contribution in [0, 0.1) is 0 Å². The maximum Gasteiger partial charge on any atom is 0.211 e. The van der Waals surface area contributed by atoms with E-state index in [2.05, 4.69) is 25.9 Å². The van der Waals surface area contributed by atoms with E-state index in [1.165, 1.54) is 5.56 Å². The minimum absolute atomic E-state index is 0.0276. The number of benzene rings is 1. The van der Waals surface area contributed by atoms with Gasteiger partial charge in [-0.2, -0.15) is 5.10 Å². The van der Waals surface area contributed by atoms with Crippen molar-refractivity contribution in [3.8, 4) is 0 Å². The van der Waals surface area contributed by atoms with Crippen LogP contribution in [0.4, 0.5) is 0 Å². The van der Waals surface area contributed by atoms with E-state index >= 15 is 0 Å². The molecule has 3 heteroatoms. The first-order chi connectivity index (χ1) is 8.93. The molecule has 0 atom stereocenters. The Morgan fingerprint density at radius 1 is 1.16 bits per heavy atom. The van der Waals surface area contributed by atoms with Gasteiger partial charge in [-0.15, -0.1) is 0 Å². The van der Waals surface area contributed by atoms with Gasteiger partial charge in [0.25, 0.3) is 0 Å². The Labute approximate surface area is 114 Å². The molecule has 1 aromatic carbocycles. The fourth-order valence-corrected chi connectivity index (χ4v) is 2.05. The van der Waals surface area contributed by atoms with Crippen molar-refractivity contribution < 1.29 is 4.79 Å². The zero-order valence-corrected chi connectivity index (χ0v) is 12.0. The van der Waals surface area contributed by atoms with Crippen molar-refractivity contribution in [1.82, 2.24) is 9.78 Å². The van der Waals surface area contributed by atoms with Crippen LogP contribution in [0.3, 0.4) is 0 Å². The number of aryl methyl sites for hydroxylation is 1. The molecule has 100 valence electrons. The van der Waals surface area contributed by atoms with Gasteiger partial charge in [-0.3, -0.25) is 9.48 Å². The highest BCUT2D eigenvalue weighted by Crippen LogP contribution is 2.22. The maximum absolute atomic E-state index is 12.4. The van der Waals surface area contributed by atoms with Crippen molar-refractivity contribution in [2.24, 2.45) is 0 Å². The van der Waals surface area contributed by atoms with Gasteiger partial charge in [0.2, 0.25) is 5.78 Å². The first kappa shape index (κ1) is 13.5. The van der Waals surface area contributed by atoms with E-state index in [9.17, 15) is 4.79 Å². The zero-order chi connectivity index (χ0) is 14.0. The van der Waals surface area contributed by atoms with E-state index in [0.29, 0.717) is 17.8 Å². The molecule has 2 rings (SSSR count). The smallest absolute Gasteiger partial charge is 0.211 e. The van der Waals surface area contributed by atoms with Gasteiger partial charge < -0.3 is 0 Å². The van der Waals surface area contributed by atoms with Crippen molar-refractivity contribution in [3.05, 3.63) is 53.3 Å². The van der Waals surface area contributed by atoms with Crippen molar-refractivity contribution in [2.45, 2.75) is 39.7 Å². The van der Waals surface area contributed by atoms with Gasteiger partial charge in [0, 0.05) is 18.3 Å². The Balaban J connectivity index is 2.30. The molecule has 1 aromatic heterocycles. The second kappa shape index (κ2) is 5.00. The van der Waals surface area contributed by atoms with Crippen LogP contribution in [0.1, 0.15) is 49.3 Å². The van der Waals surface area contributed by atoms with Crippen LogP contribution in [0.5, 0.6) is 0 Å². The molecule has 19 heavy (non-hydrogen) atoms. The summed E-state index contributed by atoms with van der Waals surface area (Å²) in [4.78, 5) is 12.4. The van der Waals surface area contributed by atoms with Crippen LogP contribution < -0.4 is 0 Å². The lowest BCUT2D eigenvalue weighted by atomic mass is 9.86. The van der Waals surface area contributed by atoms with E-state index in [-0.39, 0.29) is 11.2 Å². The van der Waals surface area contributed by atoms with Crippen LogP contribution >= 0.6 is 0 Å². The van der Waals surface area contributed by atoms with E-state index in [1.54, 1.807) is 16.9 Å². The highest BCUT2D eigenvalue weighted by molar-refractivity contribution is 6.07. The molecular weight excluding hydrogens is 236 g/mol. The minimum atomic E-state index is 0.0276. The molecule has 0 aliphatic heterocycles. The number of aromatic nitrogens is 2. The Hall–Kier alpha value is -1.90. The molecule has 0 bridgehead atoms. The molecule has 1 heterocycles. The topological polar surface area (TPSA) is 34.9 Å². The first-order valence-corrected chi connectivity index (χ1v) is 6.60. The fourth-order valence-electron chi connectivity index (χ4n) is 2.05. The highest BCUT2D eigenvalue weighted by Gasteiger charge is 2.16. The molecule has 0 radical (unpaired) electrons. The van der Waals surface area contributed by atoms with Crippen LogP contribution in [-0.4, -0.2) is 15.6 Å². The summed E-state index contributed by atoms with van der Waals surface area (Å²) >= 11 is 0. The molecule has 0 unspecified atom stereocenters. The highest BCUT2D eigenvalue weighted by atomic mass is 16.1. The third-order valence-electron chi connectivity index (χ3n) is 3.26. The normalized spacial score (nSPS) is 11.6. The molecule has 2 aromatic rings. The number of rotatable bonds is 3. The van der Waals surface area contributed by atoms with Crippen LogP contribution in [0.15, 0.2) is 36.5 Å². The van der Waals surface area contributed by atoms with Gasteiger partial charge >= 0.3 is 0 Å². The minimum Gasteiger partial charge on any atom is -0.287 e. The third-order valence-corrected chi connectivity index (χ3v) is 3.26. The summed E-state index contributed by atoms with van der Waals surface area (Å²) in [5.74, 6) is 0.0276. The quantitative estimate of drug-likeness (QED) is 0.789. The summed E-state index contributed by atoms with van der Waals surface area (Å²) in [5.41, 5.74) is 2.69. The predicted octanol–water partition coefficient (Wildman–Crippen LogP) is 3.43. The molecule has 0 N–H and O–H groups in total. The predicted molar refractivity (Wildman–Crippen MR) is 76.5 cm³/mol. The van der Waals surface area contributed by atoms with Crippen molar-refractivity contribution in [3.63, 3.8) is 0 Å². The van der Waals surface area contributed by atoms with Gasteiger partial charge in [-0.05, 0) is 24.0 Å². The lowest BCUT2D eigenvalue weighted by molar-refractivity contribution is 0.102. The number of hydrogen-bond donors (Lipinski definition) is 0. The second-order valence-electron chi connectivity index (χ2n) is 5.69. The molecule has 0 fully saturated rings. The molecule has 0 saturated heterocycles. The Bertz CT molecular complexity index is 574. The van der Waals surface area contributed by atoms with Gasteiger partial charge in [-0.25, -0.2) is 0 Å². The summed E-state index contributed by atoms with van der Waals surface area (Å²) in [5, 5.41) is 4.13. The SMILES string of the molecule is CCn1nccc1C(=O)c1ccc(C(C)(C)C)cc1. The van der Waals surface area contributed by atoms with E-state index in [0.717, 1.165) is 0 Å². The van der Waals surface area contributed by atoms with Gasteiger partial charge in [-0.1, -0.05) is 45.0 Å². The number of hydrogen-bond acceptors (Lipinski definition) is 2. The summed E-state index contributed by atoms with van der Waals surface area (Å²) in [7, 11) is 0. The summed E-state index contributed by atoms with van der Waals surface area (Å²) in [6, 6.07) is 9.62. The number of carbonyl (C=O) groups is 1. The molecule has 0 spiro atoms. The number of ketones is 1. The zero-order valence-electron chi connectivity index (χ0n) is 12.0. The molecule has 0 amide bonds. The number of nitrogens with zero attached hydrogens (tertiary/aromatic N) is 2. The summed E-state index contributed by atoms with van der Waals surface area (Å²) in [6.07, 6.45) is 1.67. The van der Waals surface area contributed by atoms with E-state index in [4.69, 9.17) is 0 Å². The Kier molecular flexibility index (Phi) is 3.56. The summed E-state index contributed by atoms with van der Waals surface area (Å²) in [6.45, 7) is 9.17. The summed E-state index contributed by atoms with van der Waals surface area (Å²) < 4.78 is 1.72. The lowest BCUT2D eigenvalue weighted by Crippen LogP contribution is -2.13. The first-order valence-electron chi connectivity index (χ1n) is 6.60. The monoisotopic (exact) mass is 256 g/mol. The maximum atomic E-state index is 12.4. The van der Waals surface area contributed by atoms with Crippen molar-refractivity contribution in [2.75, 3.05) is 0 Å². The second-order valence-corrected chi connectivity index (χ2v) is 5.69. The molecule has 0 aliphatic rings. The van der Waals surface area contributed by atoms with Crippen molar-refractivity contribution in [1.29, 1.82) is 0 Å². The van der Waals surface area contributed by atoms with Crippen LogP contribution in [0.2, 0.25) is 0 Å². The molecule has 0 aliphatic carbocycles. The lowest BCUT2D eigenvalue weighted by Gasteiger charge is -2.19. The van der Waals surface area contributed by atoms with Crippen LogP contribution in [0.25, 0.3) is 0 Å². The Morgan fingerprint density at radius 3 is 2.32 bits per heavy atom. The van der Waals surface area contributed by atoms with E-state index < -0.39 is 0 Å². The number of carbonyl (C=O) groups excluding carboxylic acids is 1. The standard InChI is InChI=1S/C16H20N2O/c1-5-18-14(10-11-17-18)15(19)12-6-8-13(9-7-12)16(2,3)4/h6-11H,5H2,1-4H3. The molecule has 0 saturated carbocycles. The Morgan fingerprint density at radius 2 is 1.79 bits per heavy atom. The third kappa shape index (κ3) is 2.75.